The molecule has 0 spiro atoms. The summed E-state index contributed by atoms with van der Waals surface area (Å²) in [5, 5.41) is 16.8. The number of rotatable bonds is 13. The fourth-order valence-electron chi connectivity index (χ4n) is 3.74. The highest BCUT2D eigenvalue weighted by atomic mass is 16.6. The van der Waals surface area contributed by atoms with Gasteiger partial charge in [0, 0.05) is 42.8 Å². The first-order valence-electron chi connectivity index (χ1n) is 11.9. The van der Waals surface area contributed by atoms with Crippen LogP contribution in [0.3, 0.4) is 0 Å². The van der Waals surface area contributed by atoms with E-state index in [1.54, 1.807) is 12.1 Å². The maximum atomic E-state index is 12.4. The van der Waals surface area contributed by atoms with Crippen molar-refractivity contribution in [1.29, 1.82) is 0 Å². The molecule has 0 unspecified atom stereocenters. The zero-order valence-electron chi connectivity index (χ0n) is 19.9. The molecule has 0 fully saturated rings. The first-order valence-corrected chi connectivity index (χ1v) is 11.9. The minimum atomic E-state index is -0.488. The molecule has 0 bridgehead atoms. The summed E-state index contributed by atoms with van der Waals surface area (Å²) in [4.78, 5) is 35.0. The lowest BCUT2D eigenvalue weighted by Gasteiger charge is -2.19. The molecule has 0 aliphatic carbocycles. The minimum Gasteiger partial charge on any atom is -0.490 e. The van der Waals surface area contributed by atoms with Crippen LogP contribution in [0.1, 0.15) is 50.2 Å². The second kappa shape index (κ2) is 13.1. The molecule has 35 heavy (non-hydrogen) atoms. The second-order valence-corrected chi connectivity index (χ2v) is 8.20. The lowest BCUT2D eigenvalue weighted by atomic mass is 10.1. The number of nitrogens with zero attached hydrogens (tertiary/aromatic N) is 1. The van der Waals surface area contributed by atoms with Crippen molar-refractivity contribution in [2.75, 3.05) is 25.1 Å². The number of amides is 2. The number of carbonyl (C=O) groups is 2. The second-order valence-electron chi connectivity index (χ2n) is 8.20. The van der Waals surface area contributed by atoms with Gasteiger partial charge in [0.2, 0.25) is 11.8 Å². The van der Waals surface area contributed by atoms with Gasteiger partial charge < -0.3 is 20.1 Å². The Labute approximate surface area is 204 Å². The van der Waals surface area contributed by atoms with Crippen molar-refractivity contribution in [3.8, 4) is 11.5 Å². The van der Waals surface area contributed by atoms with E-state index in [9.17, 15) is 19.7 Å². The molecule has 2 amide bonds. The van der Waals surface area contributed by atoms with Crippen LogP contribution in [0.15, 0.2) is 48.2 Å². The molecule has 2 aromatic carbocycles. The number of hydrogen-bond acceptors (Lipinski definition) is 6. The van der Waals surface area contributed by atoms with Gasteiger partial charge in [0.1, 0.15) is 0 Å². The summed E-state index contributed by atoms with van der Waals surface area (Å²) >= 11 is 0. The van der Waals surface area contributed by atoms with Crippen molar-refractivity contribution < 1.29 is 24.0 Å². The van der Waals surface area contributed by atoms with Crippen LogP contribution in [0.25, 0.3) is 6.08 Å². The molecule has 3 rings (SSSR count). The third kappa shape index (κ3) is 8.13. The number of anilines is 1. The Hall–Kier alpha value is -3.88. The Morgan fingerprint density at radius 3 is 2.54 bits per heavy atom. The Balaban J connectivity index is 1.40. The van der Waals surface area contributed by atoms with E-state index in [0.717, 1.165) is 12.8 Å². The van der Waals surface area contributed by atoms with Crippen LogP contribution in [-0.2, 0) is 16.0 Å². The highest BCUT2D eigenvalue weighted by Gasteiger charge is 2.24. The van der Waals surface area contributed by atoms with E-state index in [4.69, 9.17) is 9.47 Å². The molecule has 0 atom stereocenters. The van der Waals surface area contributed by atoms with Gasteiger partial charge in [0.15, 0.2) is 18.1 Å². The van der Waals surface area contributed by atoms with Crippen LogP contribution in [0.2, 0.25) is 0 Å². The molecule has 186 valence electrons. The molecule has 2 aromatic rings. The first kappa shape index (κ1) is 25.7. The highest BCUT2D eigenvalue weighted by Crippen LogP contribution is 2.39. The lowest BCUT2D eigenvalue weighted by molar-refractivity contribution is -0.427. The predicted molar refractivity (Wildman–Crippen MR) is 133 cm³/mol. The molecule has 9 heteroatoms. The maximum absolute atomic E-state index is 12.4. The average Bonchev–Trinajstić information content (AvgIpc) is 2.84. The summed E-state index contributed by atoms with van der Waals surface area (Å²) in [7, 11) is 0. The van der Waals surface area contributed by atoms with Gasteiger partial charge >= 0.3 is 0 Å². The molecule has 1 aliphatic heterocycles. The normalized spacial score (nSPS) is 12.1. The molecular weight excluding hydrogens is 450 g/mol. The smallest absolute Gasteiger partial charge is 0.284 e. The van der Waals surface area contributed by atoms with Crippen LogP contribution in [-0.4, -0.2) is 36.5 Å². The summed E-state index contributed by atoms with van der Waals surface area (Å²) < 4.78 is 11.1. The monoisotopic (exact) mass is 481 g/mol. The number of carbonyl (C=O) groups excluding carboxylic acids is 2. The van der Waals surface area contributed by atoms with Crippen LogP contribution in [0.4, 0.5) is 5.69 Å². The van der Waals surface area contributed by atoms with E-state index >= 15 is 0 Å². The molecule has 9 nitrogen and oxygen atoms in total. The average molecular weight is 482 g/mol. The van der Waals surface area contributed by atoms with Crippen LogP contribution < -0.4 is 20.1 Å². The zero-order chi connectivity index (χ0) is 25.0. The van der Waals surface area contributed by atoms with Crippen LogP contribution >= 0.6 is 0 Å². The topological polar surface area (TPSA) is 120 Å². The lowest BCUT2D eigenvalue weighted by Crippen LogP contribution is -2.25. The molecule has 0 radical (unpaired) electrons. The maximum Gasteiger partial charge on any atom is 0.284 e. The SMILES string of the molecule is CCOc1cc(NC(=O)CCCCCC(=O)NCCc2ccccc2)cc2c1OCC([N+](=O)[O-])=C2. The standard InChI is InChI=1S/C26H31N3O6/c1-2-34-23-17-21(15-20-16-22(29(32)33)18-35-26(20)23)28-25(31)12-8-4-7-11-24(30)27-14-13-19-9-5-3-6-10-19/h3,5-6,9-10,15-17H,2,4,7-8,11-14,18H2,1H3,(H,27,30)(H,28,31). The van der Waals surface area contributed by atoms with Crippen molar-refractivity contribution >= 4 is 23.6 Å². The summed E-state index contributed by atoms with van der Waals surface area (Å²) in [6, 6.07) is 13.3. The quantitative estimate of drug-likeness (QED) is 0.249. The highest BCUT2D eigenvalue weighted by molar-refractivity contribution is 5.91. The van der Waals surface area contributed by atoms with Crippen molar-refractivity contribution in [1.82, 2.24) is 5.32 Å². The molecule has 0 saturated heterocycles. The number of benzene rings is 2. The third-order valence-electron chi connectivity index (χ3n) is 5.47. The third-order valence-corrected chi connectivity index (χ3v) is 5.47. The molecule has 1 aliphatic rings. The van der Waals surface area contributed by atoms with Gasteiger partial charge in [0.05, 0.1) is 11.5 Å². The number of ether oxygens (including phenoxy) is 2. The van der Waals surface area contributed by atoms with Gasteiger partial charge in [-0.2, -0.15) is 0 Å². The summed E-state index contributed by atoms with van der Waals surface area (Å²) in [6.07, 6.45) is 5.10. The fraction of sp³-hybridized carbons (Fsp3) is 0.385. The Morgan fingerprint density at radius 1 is 1.09 bits per heavy atom. The van der Waals surface area contributed by atoms with Gasteiger partial charge in [0.25, 0.3) is 5.70 Å². The van der Waals surface area contributed by atoms with E-state index in [1.807, 2.05) is 37.3 Å². The molecule has 2 N–H and O–H groups in total. The van der Waals surface area contributed by atoms with E-state index in [1.165, 1.54) is 11.6 Å². The zero-order valence-corrected chi connectivity index (χ0v) is 19.9. The van der Waals surface area contributed by atoms with Crippen molar-refractivity contribution in [3.05, 3.63) is 69.4 Å². The van der Waals surface area contributed by atoms with Crippen LogP contribution in [0.5, 0.6) is 11.5 Å². The van der Waals surface area contributed by atoms with E-state index in [0.29, 0.717) is 61.6 Å². The predicted octanol–water partition coefficient (Wildman–Crippen LogP) is 4.34. The summed E-state index contributed by atoms with van der Waals surface area (Å²) in [6.45, 7) is 2.68. The Bertz CT molecular complexity index is 1070. The summed E-state index contributed by atoms with van der Waals surface area (Å²) in [5.41, 5.74) is 2.10. The molecular formula is C26H31N3O6. The van der Waals surface area contributed by atoms with E-state index in [-0.39, 0.29) is 24.1 Å². The van der Waals surface area contributed by atoms with Gasteiger partial charge in [-0.05, 0) is 37.8 Å². The summed E-state index contributed by atoms with van der Waals surface area (Å²) in [5.74, 6) is 0.705. The van der Waals surface area contributed by atoms with Crippen LogP contribution in [0, 0.1) is 10.1 Å². The number of hydrogen-bond donors (Lipinski definition) is 2. The molecule has 0 saturated carbocycles. The van der Waals surface area contributed by atoms with Gasteiger partial charge in [-0.3, -0.25) is 19.7 Å². The first-order chi connectivity index (χ1) is 17.0. The number of fused-ring (bicyclic) bond motifs is 1. The van der Waals surface area contributed by atoms with Gasteiger partial charge in [-0.15, -0.1) is 0 Å². The fourth-order valence-corrected chi connectivity index (χ4v) is 3.74. The number of nitro groups is 1. The van der Waals surface area contributed by atoms with Crippen molar-refractivity contribution in [2.45, 2.75) is 45.4 Å². The van der Waals surface area contributed by atoms with E-state index in [2.05, 4.69) is 10.6 Å². The number of nitrogens with one attached hydrogen (secondary N) is 2. The van der Waals surface area contributed by atoms with Crippen molar-refractivity contribution in [3.63, 3.8) is 0 Å². The molecule has 0 aromatic heterocycles. The van der Waals surface area contributed by atoms with Gasteiger partial charge in [-0.25, -0.2) is 0 Å². The van der Waals surface area contributed by atoms with E-state index < -0.39 is 4.92 Å². The largest absolute Gasteiger partial charge is 0.490 e. The number of unbranched alkanes of at least 4 members (excludes halogenated alkanes) is 2. The minimum absolute atomic E-state index is 0.0206. The Kier molecular flexibility index (Phi) is 9.65. The molecule has 1 heterocycles. The van der Waals surface area contributed by atoms with Gasteiger partial charge in [-0.1, -0.05) is 36.8 Å². The Morgan fingerprint density at radius 2 is 1.83 bits per heavy atom. The van der Waals surface area contributed by atoms with Crippen molar-refractivity contribution in [2.24, 2.45) is 0 Å².